The lowest BCUT2D eigenvalue weighted by atomic mass is 10.2. The van der Waals surface area contributed by atoms with Crippen LogP contribution in [0.2, 0.25) is 0 Å². The monoisotopic (exact) mass is 381 g/mol. The van der Waals surface area contributed by atoms with Crippen molar-refractivity contribution in [3.63, 3.8) is 0 Å². The molecule has 1 heterocycles. The van der Waals surface area contributed by atoms with Gasteiger partial charge >= 0.3 is 0 Å². The largest absolute Gasteiger partial charge is 0.376 e. The van der Waals surface area contributed by atoms with Crippen LogP contribution in [0.15, 0.2) is 29.2 Å². The van der Waals surface area contributed by atoms with Crippen LogP contribution in [-0.2, 0) is 14.8 Å². The first-order chi connectivity index (χ1) is 8.53. The first-order valence-electron chi connectivity index (χ1n) is 5.79. The fourth-order valence-electron chi connectivity index (χ4n) is 1.92. The number of ether oxygens (including phenoxy) is 1. The highest BCUT2D eigenvalue weighted by atomic mass is 127. The molecule has 1 aliphatic heterocycles. The molecule has 2 rings (SSSR count). The maximum absolute atomic E-state index is 12.2. The number of benzene rings is 1. The highest BCUT2D eigenvalue weighted by Crippen LogP contribution is 2.19. The fraction of sp³-hybridized carbons (Fsp3) is 0.500. The summed E-state index contributed by atoms with van der Waals surface area (Å²) in [6.45, 7) is 2.55. The minimum Gasteiger partial charge on any atom is -0.376 e. The molecule has 0 aromatic heterocycles. The third-order valence-electron chi connectivity index (χ3n) is 3.00. The van der Waals surface area contributed by atoms with Gasteiger partial charge in [-0.2, -0.15) is 0 Å². The van der Waals surface area contributed by atoms with E-state index in [0.717, 1.165) is 16.4 Å². The Morgan fingerprint density at radius 2 is 2.06 bits per heavy atom. The second kappa shape index (κ2) is 5.85. The van der Waals surface area contributed by atoms with E-state index < -0.39 is 10.0 Å². The van der Waals surface area contributed by atoms with Gasteiger partial charge in [0, 0.05) is 11.0 Å². The van der Waals surface area contributed by atoms with Gasteiger partial charge in [0.1, 0.15) is 0 Å². The molecule has 4 nitrogen and oxygen atoms in total. The second-order valence-electron chi connectivity index (χ2n) is 4.39. The Morgan fingerprint density at radius 3 is 2.67 bits per heavy atom. The molecule has 0 unspecified atom stereocenters. The van der Waals surface area contributed by atoms with Gasteiger partial charge in [0.15, 0.2) is 0 Å². The van der Waals surface area contributed by atoms with E-state index in [-0.39, 0.29) is 12.1 Å². The van der Waals surface area contributed by atoms with E-state index in [1.807, 2.05) is 6.92 Å². The Bertz CT molecular complexity index is 501. The van der Waals surface area contributed by atoms with Crippen LogP contribution in [0.3, 0.4) is 0 Å². The van der Waals surface area contributed by atoms with Crippen LogP contribution >= 0.6 is 22.6 Å². The molecule has 1 aliphatic rings. The number of hydrogen-bond acceptors (Lipinski definition) is 3. The fourth-order valence-corrected chi connectivity index (χ4v) is 4.09. The van der Waals surface area contributed by atoms with Crippen molar-refractivity contribution in [3.05, 3.63) is 29.8 Å². The Balaban J connectivity index is 2.14. The second-order valence-corrected chi connectivity index (χ2v) is 6.99. The molecule has 6 heteroatoms. The van der Waals surface area contributed by atoms with E-state index in [0.29, 0.717) is 11.5 Å². The van der Waals surface area contributed by atoms with Gasteiger partial charge in [-0.1, -0.05) is 40.3 Å². The first-order valence-corrected chi connectivity index (χ1v) is 8.80. The molecule has 1 N–H and O–H groups in total. The minimum absolute atomic E-state index is 0.0224. The lowest BCUT2D eigenvalue weighted by molar-refractivity contribution is 0.122. The molecular formula is C12H16INO3S. The van der Waals surface area contributed by atoms with Crippen molar-refractivity contribution in [3.8, 4) is 0 Å². The molecular weight excluding hydrogens is 365 g/mol. The van der Waals surface area contributed by atoms with Crippen LogP contribution in [0.25, 0.3) is 0 Å². The molecule has 1 fully saturated rings. The van der Waals surface area contributed by atoms with Gasteiger partial charge in [0.05, 0.1) is 17.0 Å². The molecule has 18 heavy (non-hydrogen) atoms. The quantitative estimate of drug-likeness (QED) is 0.640. The van der Waals surface area contributed by atoms with Gasteiger partial charge in [-0.15, -0.1) is 0 Å². The molecule has 0 aliphatic carbocycles. The molecule has 0 amide bonds. The molecule has 100 valence electrons. The third kappa shape index (κ3) is 3.23. The van der Waals surface area contributed by atoms with Crippen molar-refractivity contribution in [2.75, 3.05) is 11.0 Å². The third-order valence-corrected chi connectivity index (χ3v) is 5.37. The van der Waals surface area contributed by atoms with E-state index in [9.17, 15) is 8.42 Å². The van der Waals surface area contributed by atoms with Crippen molar-refractivity contribution in [1.29, 1.82) is 0 Å². The number of sulfonamides is 1. The number of nitrogens with one attached hydrogen (secondary N) is 1. The van der Waals surface area contributed by atoms with Crippen molar-refractivity contribution in [2.24, 2.45) is 0 Å². The SMILES string of the molecule is Cc1ccc(S(=O)(=O)N[C@H]2CCO[C@@H]2CI)cc1. The number of halogens is 1. The van der Waals surface area contributed by atoms with Crippen LogP contribution in [0.1, 0.15) is 12.0 Å². The summed E-state index contributed by atoms with van der Waals surface area (Å²) in [6.07, 6.45) is 0.712. The van der Waals surface area contributed by atoms with Crippen LogP contribution in [0.5, 0.6) is 0 Å². The van der Waals surface area contributed by atoms with Gasteiger partial charge in [0.25, 0.3) is 0 Å². The van der Waals surface area contributed by atoms with Gasteiger partial charge in [-0.05, 0) is 25.5 Å². The zero-order valence-electron chi connectivity index (χ0n) is 10.1. The average Bonchev–Trinajstić information content (AvgIpc) is 2.76. The van der Waals surface area contributed by atoms with Crippen LogP contribution in [0.4, 0.5) is 0 Å². The van der Waals surface area contributed by atoms with E-state index in [1.54, 1.807) is 24.3 Å². The molecule has 1 aromatic carbocycles. The Morgan fingerprint density at radius 1 is 1.39 bits per heavy atom. The molecule has 1 aromatic rings. The van der Waals surface area contributed by atoms with Crippen molar-refractivity contribution in [1.82, 2.24) is 4.72 Å². The lowest BCUT2D eigenvalue weighted by Gasteiger charge is -2.17. The molecule has 1 saturated heterocycles. The standard InChI is InChI=1S/C12H16INO3S/c1-9-2-4-10(5-3-9)18(15,16)14-11-6-7-17-12(11)8-13/h2-5,11-12,14H,6-8H2,1H3/t11-,12+/m0/s1. The normalized spacial score (nSPS) is 24.3. The maximum Gasteiger partial charge on any atom is 0.240 e. The summed E-state index contributed by atoms with van der Waals surface area (Å²) < 4.78 is 33.4. The molecule has 0 spiro atoms. The summed E-state index contributed by atoms with van der Waals surface area (Å²) >= 11 is 2.22. The lowest BCUT2D eigenvalue weighted by Crippen LogP contribution is -2.41. The number of aryl methyl sites for hydroxylation is 1. The van der Waals surface area contributed by atoms with E-state index in [4.69, 9.17) is 4.74 Å². The smallest absolute Gasteiger partial charge is 0.240 e. The highest BCUT2D eigenvalue weighted by Gasteiger charge is 2.31. The van der Waals surface area contributed by atoms with E-state index >= 15 is 0 Å². The molecule has 0 saturated carbocycles. The van der Waals surface area contributed by atoms with Crippen molar-refractivity contribution < 1.29 is 13.2 Å². The predicted molar refractivity (Wildman–Crippen MR) is 78.5 cm³/mol. The minimum atomic E-state index is -3.44. The molecule has 0 radical (unpaired) electrons. The van der Waals surface area contributed by atoms with Gasteiger partial charge in [-0.3, -0.25) is 0 Å². The zero-order valence-corrected chi connectivity index (χ0v) is 13.1. The average molecular weight is 381 g/mol. The van der Waals surface area contributed by atoms with E-state index in [1.165, 1.54) is 0 Å². The van der Waals surface area contributed by atoms with Crippen molar-refractivity contribution in [2.45, 2.75) is 30.4 Å². The highest BCUT2D eigenvalue weighted by molar-refractivity contribution is 14.1. The number of alkyl halides is 1. The van der Waals surface area contributed by atoms with Crippen LogP contribution < -0.4 is 4.72 Å². The predicted octanol–water partition coefficient (Wildman–Crippen LogP) is 1.87. The Labute approximate surface area is 121 Å². The van der Waals surface area contributed by atoms with Crippen LogP contribution in [-0.4, -0.2) is 31.6 Å². The topological polar surface area (TPSA) is 55.4 Å². The van der Waals surface area contributed by atoms with Gasteiger partial charge < -0.3 is 4.74 Å². The summed E-state index contributed by atoms with van der Waals surface area (Å²) in [6, 6.07) is 6.75. The Hall–Kier alpha value is -0.180. The summed E-state index contributed by atoms with van der Waals surface area (Å²) in [4.78, 5) is 0.312. The summed E-state index contributed by atoms with van der Waals surface area (Å²) in [5.41, 5.74) is 1.04. The number of rotatable bonds is 4. The molecule has 2 atom stereocenters. The zero-order chi connectivity index (χ0) is 13.2. The number of hydrogen-bond donors (Lipinski definition) is 1. The molecule has 0 bridgehead atoms. The van der Waals surface area contributed by atoms with Gasteiger partial charge in [0.2, 0.25) is 10.0 Å². The van der Waals surface area contributed by atoms with E-state index in [2.05, 4.69) is 27.3 Å². The maximum atomic E-state index is 12.2. The Kier molecular flexibility index (Phi) is 4.63. The van der Waals surface area contributed by atoms with Crippen molar-refractivity contribution >= 4 is 32.6 Å². The van der Waals surface area contributed by atoms with Gasteiger partial charge in [-0.25, -0.2) is 13.1 Å². The summed E-state index contributed by atoms with van der Waals surface area (Å²) in [5.74, 6) is 0. The van der Waals surface area contributed by atoms with Crippen LogP contribution in [0, 0.1) is 6.92 Å². The first kappa shape index (κ1) is 14.2. The summed E-state index contributed by atoms with van der Waals surface area (Å²) in [7, 11) is -3.44. The summed E-state index contributed by atoms with van der Waals surface area (Å²) in [5, 5.41) is 0.